The van der Waals surface area contributed by atoms with Crippen LogP contribution in [0.25, 0.3) is 0 Å². The largest absolute Gasteiger partial charge is 0.493 e. The van der Waals surface area contributed by atoms with Crippen molar-refractivity contribution < 1.29 is 9.53 Å². The topological polar surface area (TPSA) is 41.9 Å². The Hall–Kier alpha value is -2.82. The first-order valence-electron chi connectivity index (χ1n) is 13.6. The lowest BCUT2D eigenvalue weighted by molar-refractivity contribution is -0.134. The third kappa shape index (κ3) is 4.76. The fraction of sp³-hybridized carbons (Fsp3) is 0.394. The summed E-state index contributed by atoms with van der Waals surface area (Å²) in [4.78, 5) is 21.7. The number of halogens is 2. The number of carbonyl (C=O) groups excluding carboxylic acids is 1. The van der Waals surface area contributed by atoms with Crippen LogP contribution in [0.5, 0.6) is 5.75 Å². The van der Waals surface area contributed by atoms with Gasteiger partial charge < -0.3 is 4.74 Å². The third-order valence-corrected chi connectivity index (χ3v) is 8.79. The second-order valence-electron chi connectivity index (χ2n) is 11.9. The van der Waals surface area contributed by atoms with E-state index in [4.69, 9.17) is 32.9 Å². The van der Waals surface area contributed by atoms with E-state index in [1.54, 1.807) is 0 Å². The summed E-state index contributed by atoms with van der Waals surface area (Å²) in [6, 6.07) is 21.8. The fourth-order valence-electron chi connectivity index (χ4n) is 5.57. The molecule has 0 spiro atoms. The molecule has 1 heterocycles. The summed E-state index contributed by atoms with van der Waals surface area (Å²) in [6.45, 7) is 13.3. The third-order valence-electron chi connectivity index (χ3n) is 8.28. The van der Waals surface area contributed by atoms with Gasteiger partial charge in [-0.25, -0.2) is 0 Å². The molecule has 0 bridgehead atoms. The van der Waals surface area contributed by atoms with E-state index in [1.807, 2.05) is 60.4 Å². The molecule has 1 aliphatic carbocycles. The average Bonchev–Trinajstić information content (AvgIpc) is 3.71. The van der Waals surface area contributed by atoms with E-state index in [9.17, 15) is 4.79 Å². The molecule has 5 rings (SSSR count). The van der Waals surface area contributed by atoms with Crippen LogP contribution < -0.4 is 4.74 Å². The molecule has 0 saturated heterocycles. The van der Waals surface area contributed by atoms with Crippen molar-refractivity contribution in [3.05, 3.63) is 99.0 Å². The molecule has 39 heavy (non-hydrogen) atoms. The first kappa shape index (κ1) is 27.7. The highest BCUT2D eigenvalue weighted by molar-refractivity contribution is 6.30. The van der Waals surface area contributed by atoms with Crippen molar-refractivity contribution in [2.75, 3.05) is 6.61 Å². The summed E-state index contributed by atoms with van der Waals surface area (Å²) >= 11 is 12.6. The van der Waals surface area contributed by atoms with Gasteiger partial charge in [-0.3, -0.25) is 14.7 Å². The van der Waals surface area contributed by atoms with Gasteiger partial charge in [0, 0.05) is 16.0 Å². The molecule has 204 valence electrons. The Labute approximate surface area is 242 Å². The molecular weight excluding hydrogens is 527 g/mol. The molecule has 4 nitrogen and oxygen atoms in total. The van der Waals surface area contributed by atoms with Gasteiger partial charge in [0.2, 0.25) is 5.91 Å². The molecule has 6 heteroatoms. The van der Waals surface area contributed by atoms with E-state index in [1.165, 1.54) is 0 Å². The van der Waals surface area contributed by atoms with Crippen molar-refractivity contribution in [2.45, 2.75) is 70.9 Å². The lowest BCUT2D eigenvalue weighted by Crippen LogP contribution is -2.55. The first-order valence-corrected chi connectivity index (χ1v) is 14.4. The standard InChI is InChI=1S/C33H36Cl2N2O2/c1-7-39-28-20-24(31(2,3)4)14-19-27(28)29-36-32(5,22-10-15-25(34)16-11-22)33(6,23-12-17-26(35)18-13-23)37(29)30(38)21-8-9-21/h10-21H,7-9H2,1-6H3. The van der Waals surface area contributed by atoms with Gasteiger partial charge in [0.1, 0.15) is 22.7 Å². The van der Waals surface area contributed by atoms with Crippen molar-refractivity contribution in [3.63, 3.8) is 0 Å². The molecule has 3 aromatic rings. The summed E-state index contributed by atoms with van der Waals surface area (Å²) in [5.74, 6) is 1.44. The predicted molar refractivity (Wildman–Crippen MR) is 160 cm³/mol. The van der Waals surface area contributed by atoms with Crippen molar-refractivity contribution in [3.8, 4) is 5.75 Å². The van der Waals surface area contributed by atoms with E-state index < -0.39 is 11.1 Å². The number of nitrogens with zero attached hydrogens (tertiary/aromatic N) is 2. The molecule has 2 atom stereocenters. The van der Waals surface area contributed by atoms with Crippen LogP contribution in [0, 0.1) is 5.92 Å². The summed E-state index contributed by atoms with van der Waals surface area (Å²) in [6.07, 6.45) is 1.77. The molecular formula is C33H36Cl2N2O2. The summed E-state index contributed by atoms with van der Waals surface area (Å²) in [5, 5.41) is 1.30. The van der Waals surface area contributed by atoms with Gasteiger partial charge in [0.25, 0.3) is 0 Å². The SMILES string of the molecule is CCOc1cc(C(C)(C)C)ccc1C1=NC(C)(c2ccc(Cl)cc2)C(C)(c2ccc(Cl)cc2)N1C(=O)C1CC1. The number of amidine groups is 1. The van der Waals surface area contributed by atoms with Crippen LogP contribution in [0.3, 0.4) is 0 Å². The predicted octanol–water partition coefficient (Wildman–Crippen LogP) is 8.52. The summed E-state index contributed by atoms with van der Waals surface area (Å²) in [5.41, 5.74) is 2.19. The van der Waals surface area contributed by atoms with Crippen LogP contribution in [-0.2, 0) is 21.3 Å². The average molecular weight is 564 g/mol. The van der Waals surface area contributed by atoms with Gasteiger partial charge >= 0.3 is 0 Å². The van der Waals surface area contributed by atoms with E-state index in [0.717, 1.165) is 40.8 Å². The Kier molecular flexibility index (Phi) is 7.10. The van der Waals surface area contributed by atoms with Gasteiger partial charge in [-0.1, -0.05) is 74.3 Å². The van der Waals surface area contributed by atoms with Gasteiger partial charge in [0.05, 0.1) is 12.2 Å². The highest BCUT2D eigenvalue weighted by atomic mass is 35.5. The van der Waals surface area contributed by atoms with Crippen molar-refractivity contribution >= 4 is 34.9 Å². The van der Waals surface area contributed by atoms with Crippen LogP contribution in [0.4, 0.5) is 0 Å². The maximum atomic E-state index is 14.3. The molecule has 3 aromatic carbocycles. The number of aliphatic imine (C=N–C) groups is 1. The van der Waals surface area contributed by atoms with E-state index in [2.05, 4.69) is 52.8 Å². The number of amides is 1. The zero-order chi connectivity index (χ0) is 28.2. The lowest BCUT2D eigenvalue weighted by Gasteiger charge is -2.45. The molecule has 2 aliphatic rings. The minimum atomic E-state index is -0.841. The Bertz CT molecular complexity index is 1420. The van der Waals surface area contributed by atoms with Crippen LogP contribution >= 0.6 is 23.2 Å². The number of rotatable bonds is 6. The molecule has 1 amide bonds. The maximum Gasteiger partial charge on any atom is 0.232 e. The normalized spacial score (nSPS) is 23.1. The monoisotopic (exact) mass is 562 g/mol. The Morgan fingerprint density at radius 1 is 0.949 bits per heavy atom. The van der Waals surface area contributed by atoms with Crippen LogP contribution in [0.2, 0.25) is 10.0 Å². The highest BCUT2D eigenvalue weighted by Crippen LogP contribution is 2.55. The van der Waals surface area contributed by atoms with Gasteiger partial charge in [-0.05, 0) is 92.1 Å². The Morgan fingerprint density at radius 3 is 2.03 bits per heavy atom. The maximum absolute atomic E-state index is 14.3. The summed E-state index contributed by atoms with van der Waals surface area (Å²) < 4.78 is 6.21. The van der Waals surface area contributed by atoms with Crippen LogP contribution in [-0.4, -0.2) is 23.2 Å². The minimum Gasteiger partial charge on any atom is -0.493 e. The molecule has 2 unspecified atom stereocenters. The molecule has 0 N–H and O–H groups in total. The molecule has 1 fully saturated rings. The van der Waals surface area contributed by atoms with Crippen molar-refractivity contribution in [2.24, 2.45) is 10.9 Å². The number of benzene rings is 3. The number of hydrogen-bond donors (Lipinski definition) is 0. The van der Waals surface area contributed by atoms with E-state index in [0.29, 0.717) is 22.5 Å². The van der Waals surface area contributed by atoms with Crippen LogP contribution in [0.1, 0.15) is 76.6 Å². The van der Waals surface area contributed by atoms with Crippen LogP contribution in [0.15, 0.2) is 71.7 Å². The number of carbonyl (C=O) groups is 1. The van der Waals surface area contributed by atoms with Gasteiger partial charge in [-0.15, -0.1) is 0 Å². The zero-order valence-electron chi connectivity index (χ0n) is 23.5. The van der Waals surface area contributed by atoms with E-state index in [-0.39, 0.29) is 17.2 Å². The molecule has 0 radical (unpaired) electrons. The number of hydrogen-bond acceptors (Lipinski definition) is 3. The highest BCUT2D eigenvalue weighted by Gasteiger charge is 2.60. The Balaban J connectivity index is 1.80. The minimum absolute atomic E-state index is 0.0150. The van der Waals surface area contributed by atoms with Gasteiger partial charge in [-0.2, -0.15) is 0 Å². The summed E-state index contributed by atoms with van der Waals surface area (Å²) in [7, 11) is 0. The lowest BCUT2D eigenvalue weighted by atomic mass is 9.70. The smallest absolute Gasteiger partial charge is 0.232 e. The molecule has 0 aromatic heterocycles. The zero-order valence-corrected chi connectivity index (χ0v) is 25.0. The second kappa shape index (κ2) is 9.98. The second-order valence-corrected chi connectivity index (χ2v) is 12.8. The van der Waals surface area contributed by atoms with Crippen molar-refractivity contribution in [1.29, 1.82) is 0 Å². The van der Waals surface area contributed by atoms with E-state index >= 15 is 0 Å². The van der Waals surface area contributed by atoms with Gasteiger partial charge in [0.15, 0.2) is 0 Å². The molecule has 1 saturated carbocycles. The Morgan fingerprint density at radius 2 is 1.51 bits per heavy atom. The first-order chi connectivity index (χ1) is 18.4. The van der Waals surface area contributed by atoms with Crippen molar-refractivity contribution in [1.82, 2.24) is 4.90 Å². The molecule has 1 aliphatic heterocycles. The quantitative estimate of drug-likeness (QED) is 0.302. The number of ether oxygens (including phenoxy) is 1. The fourth-order valence-corrected chi connectivity index (χ4v) is 5.82.